The summed E-state index contributed by atoms with van der Waals surface area (Å²) < 4.78 is 0. The van der Waals surface area contributed by atoms with Crippen molar-refractivity contribution in [2.45, 2.75) is 40.2 Å². The maximum absolute atomic E-state index is 12.9. The standard InChI is InChI=1S/C26H28N4O3/c1-16-22-20(13-26(2,3)14-21(22)31)30-23(16)24(32)27-15-17-8-7-11-19(12-17)29-25(33)28-18-9-5-4-6-10-18/h4-12,30H,13-15H2,1-3H3,(H,27,32)(H2,28,29,33). The minimum atomic E-state index is -0.345. The zero-order chi connectivity index (χ0) is 23.6. The van der Waals surface area contributed by atoms with Crippen LogP contribution in [0, 0.1) is 12.3 Å². The summed E-state index contributed by atoms with van der Waals surface area (Å²) in [5, 5.41) is 8.48. The van der Waals surface area contributed by atoms with E-state index >= 15 is 0 Å². The predicted octanol–water partition coefficient (Wildman–Crippen LogP) is 5.05. The molecule has 0 spiro atoms. The molecular formula is C26H28N4O3. The number of Topliss-reactive ketones (excluding diaryl/α,β-unsaturated/α-hetero) is 1. The molecule has 4 N–H and O–H groups in total. The first kappa shape index (κ1) is 22.3. The average molecular weight is 445 g/mol. The first-order valence-electron chi connectivity index (χ1n) is 11.0. The number of aromatic amines is 1. The van der Waals surface area contributed by atoms with E-state index in [2.05, 4.69) is 34.8 Å². The lowest BCUT2D eigenvalue weighted by Crippen LogP contribution is -2.26. The third-order valence-electron chi connectivity index (χ3n) is 5.80. The highest BCUT2D eigenvalue weighted by molar-refractivity contribution is 6.04. The highest BCUT2D eigenvalue weighted by Crippen LogP contribution is 2.36. The van der Waals surface area contributed by atoms with Gasteiger partial charge in [0.15, 0.2) is 5.78 Å². The maximum atomic E-state index is 12.9. The number of rotatable bonds is 5. The van der Waals surface area contributed by atoms with Crippen LogP contribution in [0.25, 0.3) is 0 Å². The molecule has 170 valence electrons. The molecule has 0 radical (unpaired) electrons. The average Bonchev–Trinajstić information content (AvgIpc) is 3.08. The van der Waals surface area contributed by atoms with Gasteiger partial charge in [-0.1, -0.05) is 44.2 Å². The normalized spacial score (nSPS) is 14.3. The number of aromatic nitrogens is 1. The summed E-state index contributed by atoms with van der Waals surface area (Å²) in [5.74, 6) is -0.172. The molecule has 1 aromatic heterocycles. The van der Waals surface area contributed by atoms with Crippen LogP contribution in [0.3, 0.4) is 0 Å². The Bertz CT molecular complexity index is 1210. The van der Waals surface area contributed by atoms with Crippen molar-refractivity contribution in [3.8, 4) is 0 Å². The summed E-state index contributed by atoms with van der Waals surface area (Å²) >= 11 is 0. The zero-order valence-electron chi connectivity index (χ0n) is 19.0. The van der Waals surface area contributed by atoms with Gasteiger partial charge in [0, 0.05) is 35.6 Å². The van der Waals surface area contributed by atoms with Crippen LogP contribution in [0.1, 0.15) is 57.9 Å². The monoisotopic (exact) mass is 444 g/mol. The summed E-state index contributed by atoms with van der Waals surface area (Å²) in [7, 11) is 0. The van der Waals surface area contributed by atoms with Gasteiger partial charge >= 0.3 is 6.03 Å². The lowest BCUT2D eigenvalue weighted by molar-refractivity contribution is 0.0909. The van der Waals surface area contributed by atoms with E-state index in [1.165, 1.54) is 0 Å². The van der Waals surface area contributed by atoms with E-state index < -0.39 is 0 Å². The number of hydrogen-bond acceptors (Lipinski definition) is 3. The maximum Gasteiger partial charge on any atom is 0.323 e. The number of ketones is 1. The van der Waals surface area contributed by atoms with Crippen molar-refractivity contribution in [3.63, 3.8) is 0 Å². The number of fused-ring (bicyclic) bond motifs is 1. The summed E-state index contributed by atoms with van der Waals surface area (Å²) in [4.78, 5) is 40.9. The second kappa shape index (κ2) is 8.94. The highest BCUT2D eigenvalue weighted by atomic mass is 16.2. The molecule has 4 rings (SSSR count). The summed E-state index contributed by atoms with van der Waals surface area (Å²) in [6, 6.07) is 16.1. The van der Waals surface area contributed by atoms with E-state index in [1.54, 1.807) is 18.2 Å². The molecule has 1 heterocycles. The second-order valence-corrected chi connectivity index (χ2v) is 9.25. The van der Waals surface area contributed by atoms with Crippen LogP contribution in [-0.2, 0) is 13.0 Å². The van der Waals surface area contributed by atoms with Crippen LogP contribution < -0.4 is 16.0 Å². The van der Waals surface area contributed by atoms with Crippen molar-refractivity contribution in [3.05, 3.63) is 82.7 Å². The van der Waals surface area contributed by atoms with E-state index in [0.29, 0.717) is 34.6 Å². The van der Waals surface area contributed by atoms with Gasteiger partial charge in [-0.15, -0.1) is 0 Å². The molecule has 3 aromatic rings. The number of carbonyl (C=O) groups excluding carboxylic acids is 3. The van der Waals surface area contributed by atoms with E-state index in [4.69, 9.17) is 0 Å². The molecule has 0 aliphatic heterocycles. The van der Waals surface area contributed by atoms with Gasteiger partial charge in [-0.05, 0) is 54.2 Å². The third-order valence-corrected chi connectivity index (χ3v) is 5.80. The number of H-pyrrole nitrogens is 1. The predicted molar refractivity (Wildman–Crippen MR) is 129 cm³/mol. The van der Waals surface area contributed by atoms with Gasteiger partial charge in [0.05, 0.1) is 0 Å². The van der Waals surface area contributed by atoms with Gasteiger partial charge < -0.3 is 20.9 Å². The van der Waals surface area contributed by atoms with Crippen molar-refractivity contribution >= 4 is 29.1 Å². The molecule has 0 saturated carbocycles. The number of carbonyl (C=O) groups is 3. The number of benzene rings is 2. The van der Waals surface area contributed by atoms with E-state index in [9.17, 15) is 14.4 Å². The van der Waals surface area contributed by atoms with Gasteiger partial charge in [-0.2, -0.15) is 0 Å². The number of nitrogens with one attached hydrogen (secondary N) is 4. The van der Waals surface area contributed by atoms with Gasteiger partial charge in [0.2, 0.25) is 0 Å². The van der Waals surface area contributed by atoms with E-state index in [-0.39, 0.29) is 29.7 Å². The minimum Gasteiger partial charge on any atom is -0.354 e. The molecule has 0 fully saturated rings. The fraction of sp³-hybridized carbons (Fsp3) is 0.269. The minimum absolute atomic E-state index is 0.0848. The van der Waals surface area contributed by atoms with Crippen LogP contribution in [0.4, 0.5) is 16.2 Å². The van der Waals surface area contributed by atoms with Crippen LogP contribution in [0.2, 0.25) is 0 Å². The van der Waals surface area contributed by atoms with Gasteiger partial charge in [0.1, 0.15) is 5.69 Å². The first-order valence-corrected chi connectivity index (χ1v) is 11.0. The Morgan fingerprint density at radius 3 is 2.42 bits per heavy atom. The fourth-order valence-electron chi connectivity index (χ4n) is 4.30. The quantitative estimate of drug-likeness (QED) is 0.443. The number of para-hydroxylation sites is 1. The van der Waals surface area contributed by atoms with Gasteiger partial charge in [-0.3, -0.25) is 9.59 Å². The Kier molecular flexibility index (Phi) is 6.05. The molecular weight excluding hydrogens is 416 g/mol. The summed E-state index contributed by atoms with van der Waals surface area (Å²) in [6.07, 6.45) is 1.22. The van der Waals surface area contributed by atoms with Crippen LogP contribution in [0.5, 0.6) is 0 Å². The largest absolute Gasteiger partial charge is 0.354 e. The van der Waals surface area contributed by atoms with E-state index in [0.717, 1.165) is 17.7 Å². The number of urea groups is 1. The Balaban J connectivity index is 1.39. The molecule has 0 atom stereocenters. The molecule has 1 aliphatic rings. The second-order valence-electron chi connectivity index (χ2n) is 9.25. The van der Waals surface area contributed by atoms with E-state index in [1.807, 2.05) is 43.3 Å². The van der Waals surface area contributed by atoms with Crippen molar-refractivity contribution in [2.75, 3.05) is 10.6 Å². The lowest BCUT2D eigenvalue weighted by Gasteiger charge is -2.28. The van der Waals surface area contributed by atoms with Crippen molar-refractivity contribution in [2.24, 2.45) is 5.41 Å². The summed E-state index contributed by atoms with van der Waals surface area (Å²) in [5.41, 5.74) is 4.68. The molecule has 0 bridgehead atoms. The molecule has 0 unspecified atom stereocenters. The van der Waals surface area contributed by atoms with Crippen LogP contribution >= 0.6 is 0 Å². The Hall–Kier alpha value is -3.87. The highest BCUT2D eigenvalue weighted by Gasteiger charge is 2.35. The molecule has 3 amide bonds. The van der Waals surface area contributed by atoms with Gasteiger partial charge in [0.25, 0.3) is 5.91 Å². The molecule has 7 nitrogen and oxygen atoms in total. The molecule has 1 aliphatic carbocycles. The lowest BCUT2D eigenvalue weighted by atomic mass is 9.75. The van der Waals surface area contributed by atoms with Gasteiger partial charge in [-0.25, -0.2) is 4.79 Å². The Morgan fingerprint density at radius 1 is 0.970 bits per heavy atom. The number of anilines is 2. The number of hydrogen-bond donors (Lipinski definition) is 4. The third kappa shape index (κ3) is 5.14. The Labute approximate surface area is 193 Å². The fourth-order valence-corrected chi connectivity index (χ4v) is 4.30. The summed E-state index contributed by atoms with van der Waals surface area (Å²) in [6.45, 7) is 6.23. The topological polar surface area (TPSA) is 103 Å². The van der Waals surface area contributed by atoms with Crippen LogP contribution in [-0.4, -0.2) is 22.7 Å². The van der Waals surface area contributed by atoms with Crippen molar-refractivity contribution < 1.29 is 14.4 Å². The molecule has 7 heteroatoms. The SMILES string of the molecule is Cc1c(C(=O)NCc2cccc(NC(=O)Nc3ccccc3)c2)[nH]c2c1C(=O)CC(C)(C)C2. The molecule has 33 heavy (non-hydrogen) atoms. The van der Waals surface area contributed by atoms with Crippen molar-refractivity contribution in [1.82, 2.24) is 10.3 Å². The zero-order valence-corrected chi connectivity index (χ0v) is 19.0. The molecule has 0 saturated heterocycles. The van der Waals surface area contributed by atoms with Crippen LogP contribution in [0.15, 0.2) is 54.6 Å². The number of amides is 3. The Morgan fingerprint density at radius 2 is 1.67 bits per heavy atom. The molecule has 2 aromatic carbocycles. The smallest absolute Gasteiger partial charge is 0.323 e. The first-order chi connectivity index (χ1) is 15.7. The van der Waals surface area contributed by atoms with Crippen molar-refractivity contribution in [1.29, 1.82) is 0 Å².